The molecule has 4 aromatic heterocycles. The molecule has 0 aliphatic carbocycles. The molecule has 8 heterocycles. The average Bonchev–Trinajstić information content (AvgIpc) is 1.59. The Morgan fingerprint density at radius 1 is 0.348 bits per heavy atom. The van der Waals surface area contributed by atoms with Crippen molar-refractivity contribution < 1.29 is 133 Å². The highest BCUT2D eigenvalue weighted by atomic mass is 19.2. The van der Waals surface area contributed by atoms with Crippen LogP contribution in [0.25, 0.3) is 22.3 Å². The van der Waals surface area contributed by atoms with Gasteiger partial charge in [-0.1, -0.05) is 146 Å². The summed E-state index contributed by atoms with van der Waals surface area (Å²) in [6, 6.07) is 66.0. The predicted octanol–water partition coefficient (Wildman–Crippen LogP) is 12.0. The number of imidazole rings is 2. The van der Waals surface area contributed by atoms with Crippen LogP contribution in [-0.2, 0) is 66.4 Å². The molecule has 34 nitrogen and oxygen atoms in total. The van der Waals surface area contributed by atoms with E-state index in [0.29, 0.717) is 27.8 Å². The quantitative estimate of drug-likeness (QED) is 0.0248. The maximum absolute atomic E-state index is 16.8. The summed E-state index contributed by atoms with van der Waals surface area (Å²) in [5.41, 5.74) is -6.06. The largest absolute Gasteiger partial charge is 0.459 e. The molecule has 4 aliphatic heterocycles. The fourth-order valence-electron chi connectivity index (χ4n) is 14.3. The average molecular weight is 1820 g/mol. The third-order valence-electron chi connectivity index (χ3n) is 21.1. The normalized spacial score (nSPS) is 24.3. The van der Waals surface area contributed by atoms with Crippen molar-refractivity contribution in [3.63, 3.8) is 0 Å². The SMILES string of the molecule is CC(=O)OC1OC(COC(=O)c2ccccc2)C(OC(=O)c2ccccc2)C1(C)F.CC(=O)OC1OC(COC(=O)c2ccccc2)C(OC(=O)c2ccccc2)C1(C)F.CC1(F)C(O)C(CO)OC1n1cnc2c(NC(=O)c3ccccc3)ncnc21.CC1(F)C(OC(=O)c2ccccc2)C(COC(=O)c2ccccc2)OC1n1cnc2c(NC(=O)c3ccccc3)ncnc21. The highest BCUT2D eigenvalue weighted by molar-refractivity contribution is 6.08. The summed E-state index contributed by atoms with van der Waals surface area (Å²) in [7, 11) is 0. The summed E-state index contributed by atoms with van der Waals surface area (Å²) >= 11 is 0. The van der Waals surface area contributed by atoms with E-state index >= 15 is 17.6 Å². The number of aromatic nitrogens is 8. The second-order valence-corrected chi connectivity index (χ2v) is 30.7. The van der Waals surface area contributed by atoms with Gasteiger partial charge in [0.05, 0.1) is 52.6 Å². The molecule has 8 aromatic carbocycles. The number of esters is 8. The van der Waals surface area contributed by atoms with Gasteiger partial charge in [-0.15, -0.1) is 0 Å². The van der Waals surface area contributed by atoms with Crippen LogP contribution in [0.5, 0.6) is 0 Å². The summed E-state index contributed by atoms with van der Waals surface area (Å²) < 4.78 is 130. The number of rotatable bonds is 24. The fraction of sp³-hybridized carbons (Fsp3) is 0.277. The molecule has 2 amide bonds. The maximum atomic E-state index is 16.8. The van der Waals surface area contributed by atoms with Gasteiger partial charge in [0.25, 0.3) is 11.8 Å². The molecule has 4 saturated heterocycles. The van der Waals surface area contributed by atoms with Gasteiger partial charge in [0.2, 0.25) is 23.9 Å². The minimum Gasteiger partial charge on any atom is -0.459 e. The molecule has 0 radical (unpaired) electrons. The van der Waals surface area contributed by atoms with Crippen molar-refractivity contribution >= 4 is 93.5 Å². The van der Waals surface area contributed by atoms with Gasteiger partial charge in [-0.25, -0.2) is 76.2 Å². The van der Waals surface area contributed by atoms with E-state index in [9.17, 15) is 58.2 Å². The molecule has 38 heteroatoms. The minimum atomic E-state index is -2.36. The number of aliphatic hydroxyl groups is 2. The Morgan fingerprint density at radius 3 is 0.902 bits per heavy atom. The van der Waals surface area contributed by atoms with E-state index in [2.05, 4.69) is 40.5 Å². The van der Waals surface area contributed by atoms with Crippen molar-refractivity contribution in [3.05, 3.63) is 312 Å². The van der Waals surface area contributed by atoms with Crippen molar-refractivity contribution in [2.75, 3.05) is 37.1 Å². The Labute approximate surface area is 749 Å². The lowest BCUT2D eigenvalue weighted by molar-refractivity contribution is -0.193. The highest BCUT2D eigenvalue weighted by Gasteiger charge is 2.62. The number of ether oxygens (including phenoxy) is 12. The standard InChI is InChI=1S/C32H26FN5O6.2C22H21FO7.C18H18FN5O4/c1-32(33)25(44-30(41)22-15-9-4-10-16-22)23(17-42-29(40)21-13-7-3-8-14-21)43-31(32)38-19-36-24-26(34-18-35-27(24)38)37-28(39)20-11-5-2-6-12-20;2*1-14(24)28-21-22(2,23)18(30-20(26)16-11-7-4-8-12-16)17(29-21)13-27-19(25)15-9-5-3-6-10-15;1-18(19)13(26)11(7-25)28-17(18)24-9-22-12-14(20-8-21-15(12)24)23-16(27)10-5-3-2-4-6-10/h2-16,18-19,23,25,31H,17H2,1H3,(H,34,35,37,39);2*3-12,17-18,21H,13H2,1-2H3;2-6,8-9,11,13,17,25-26H,7H2,1H3,(H,20,21,23,27). The number of nitrogens with one attached hydrogen (secondary N) is 2. The van der Waals surface area contributed by atoms with E-state index in [1.54, 1.807) is 218 Å². The molecule has 4 aliphatic rings. The molecule has 4 N–H and O–H groups in total. The lowest BCUT2D eigenvalue weighted by atomic mass is 9.98. The first-order chi connectivity index (χ1) is 63.3. The molecule has 684 valence electrons. The smallest absolute Gasteiger partial charge is 0.338 e. The van der Waals surface area contributed by atoms with E-state index < -0.39 is 177 Å². The first-order valence-corrected chi connectivity index (χ1v) is 40.9. The van der Waals surface area contributed by atoms with Crippen LogP contribution in [0.3, 0.4) is 0 Å². The van der Waals surface area contributed by atoms with E-state index in [1.165, 1.54) is 72.6 Å². The van der Waals surface area contributed by atoms with Crippen LogP contribution >= 0.6 is 0 Å². The number of hydrogen-bond donors (Lipinski definition) is 4. The van der Waals surface area contributed by atoms with Gasteiger partial charge < -0.3 is 77.7 Å². The van der Waals surface area contributed by atoms with Crippen LogP contribution in [0.4, 0.5) is 29.2 Å². The molecular formula is C94H86F4N10O24. The zero-order valence-electron chi connectivity index (χ0n) is 71.1. The Balaban J connectivity index is 0.000000152. The number of carbonyl (C=O) groups excluding carboxylic acids is 10. The van der Waals surface area contributed by atoms with Crippen LogP contribution in [0.2, 0.25) is 0 Å². The minimum absolute atomic E-state index is 0.113. The van der Waals surface area contributed by atoms with Crippen LogP contribution in [0, 0.1) is 0 Å². The number of hydrogen-bond acceptors (Lipinski definition) is 30. The van der Waals surface area contributed by atoms with Crippen LogP contribution in [0.1, 0.15) is 137 Å². The summed E-state index contributed by atoms with van der Waals surface area (Å²) in [5.74, 6) is -6.33. The van der Waals surface area contributed by atoms with Crippen LogP contribution in [0.15, 0.2) is 268 Å². The molecule has 0 bridgehead atoms. The Morgan fingerprint density at radius 2 is 0.614 bits per heavy atom. The van der Waals surface area contributed by atoms with E-state index in [0.717, 1.165) is 27.7 Å². The van der Waals surface area contributed by atoms with Crippen molar-refractivity contribution in [2.24, 2.45) is 0 Å². The van der Waals surface area contributed by atoms with E-state index in [4.69, 9.17) is 56.8 Å². The third kappa shape index (κ3) is 22.1. The van der Waals surface area contributed by atoms with Crippen molar-refractivity contribution in [3.8, 4) is 0 Å². The molecule has 12 aromatic rings. The van der Waals surface area contributed by atoms with Crippen molar-refractivity contribution in [2.45, 2.75) is 138 Å². The number of alkyl halides is 4. The number of carbonyl (C=O) groups is 10. The molecule has 132 heavy (non-hydrogen) atoms. The Kier molecular flexibility index (Phi) is 30.2. The second kappa shape index (κ2) is 42.1. The maximum Gasteiger partial charge on any atom is 0.338 e. The molecule has 0 spiro atoms. The summed E-state index contributed by atoms with van der Waals surface area (Å²) in [5, 5.41) is 24.7. The van der Waals surface area contributed by atoms with Crippen molar-refractivity contribution in [1.29, 1.82) is 0 Å². The predicted molar refractivity (Wildman–Crippen MR) is 456 cm³/mol. The first kappa shape index (κ1) is 94.6. The summed E-state index contributed by atoms with van der Waals surface area (Å²) in [6.45, 7) is 5.07. The molecule has 16 atom stereocenters. The van der Waals surface area contributed by atoms with Gasteiger partial charge >= 0.3 is 47.8 Å². The number of anilines is 2. The van der Waals surface area contributed by atoms with Gasteiger partial charge in [-0.3, -0.25) is 28.3 Å². The molecule has 16 rings (SSSR count). The van der Waals surface area contributed by atoms with Gasteiger partial charge in [0.15, 0.2) is 76.1 Å². The second-order valence-electron chi connectivity index (χ2n) is 30.7. The van der Waals surface area contributed by atoms with Crippen LogP contribution in [-0.4, -0.2) is 219 Å². The summed E-state index contributed by atoms with van der Waals surface area (Å²) in [4.78, 5) is 148. The number of aliphatic hydroxyl groups excluding tert-OH is 2. The van der Waals surface area contributed by atoms with Gasteiger partial charge in [-0.05, 0) is 125 Å². The topological polar surface area (TPSA) is 433 Å². The lowest BCUT2D eigenvalue weighted by Crippen LogP contribution is -2.46. The van der Waals surface area contributed by atoms with E-state index in [-0.39, 0.29) is 56.6 Å². The number of amides is 2. The number of halogens is 4. The lowest BCUT2D eigenvalue weighted by Gasteiger charge is -2.27. The monoisotopic (exact) mass is 1810 g/mol. The van der Waals surface area contributed by atoms with Gasteiger partial charge in [0.1, 0.15) is 63.0 Å². The van der Waals surface area contributed by atoms with Gasteiger partial charge in [0, 0.05) is 25.0 Å². The van der Waals surface area contributed by atoms with Crippen LogP contribution < -0.4 is 10.6 Å². The highest BCUT2D eigenvalue weighted by Crippen LogP contribution is 2.47. The zero-order valence-corrected chi connectivity index (χ0v) is 71.1. The first-order valence-electron chi connectivity index (χ1n) is 40.9. The van der Waals surface area contributed by atoms with Crippen molar-refractivity contribution in [1.82, 2.24) is 39.0 Å². The number of nitrogens with zero attached hydrogens (tertiary/aromatic N) is 8. The third-order valence-corrected chi connectivity index (χ3v) is 21.1. The Hall–Kier alpha value is -15.0. The zero-order chi connectivity index (χ0) is 94.0. The molecular weight excluding hydrogens is 1730 g/mol. The number of fused-ring (bicyclic) bond motifs is 2. The Bertz CT molecular complexity index is 5900. The van der Waals surface area contributed by atoms with E-state index in [1.807, 2.05) is 0 Å². The molecule has 16 unspecified atom stereocenters. The van der Waals surface area contributed by atoms with Gasteiger partial charge in [-0.2, -0.15) is 0 Å². The molecule has 4 fully saturated rings. The fourth-order valence-corrected chi connectivity index (χ4v) is 14.3. The molecule has 0 saturated carbocycles. The summed E-state index contributed by atoms with van der Waals surface area (Å²) in [6.07, 6.45) is -11.4. The number of benzene rings is 8.